The van der Waals surface area contributed by atoms with Gasteiger partial charge in [-0.2, -0.15) is 5.10 Å². The Hall–Kier alpha value is -1.65. The van der Waals surface area contributed by atoms with Crippen molar-refractivity contribution in [2.24, 2.45) is 13.0 Å². The number of hydrogen-bond donors (Lipinski definition) is 1. The highest BCUT2D eigenvalue weighted by molar-refractivity contribution is 5.98. The molecule has 0 bridgehead atoms. The molecule has 0 aromatic carbocycles. The number of ketones is 1. The molecule has 0 spiro atoms. The summed E-state index contributed by atoms with van der Waals surface area (Å²) >= 11 is 0. The Kier molecular flexibility index (Phi) is 4.04. The fourth-order valence-electron chi connectivity index (χ4n) is 1.56. The van der Waals surface area contributed by atoms with Gasteiger partial charge in [-0.3, -0.25) is 14.3 Å². The van der Waals surface area contributed by atoms with Gasteiger partial charge in [0.2, 0.25) is 0 Å². The minimum Gasteiger partial charge on any atom is -0.345 e. The van der Waals surface area contributed by atoms with Crippen LogP contribution >= 0.6 is 0 Å². The largest absolute Gasteiger partial charge is 0.345 e. The molecular formula is C12H19N3O2. The van der Waals surface area contributed by atoms with E-state index < -0.39 is 0 Å². The summed E-state index contributed by atoms with van der Waals surface area (Å²) in [6.45, 7) is 7.32. The molecule has 17 heavy (non-hydrogen) atoms. The van der Waals surface area contributed by atoms with Crippen molar-refractivity contribution in [3.8, 4) is 0 Å². The van der Waals surface area contributed by atoms with E-state index in [1.54, 1.807) is 18.7 Å². The predicted molar refractivity (Wildman–Crippen MR) is 64.9 cm³/mol. The second-order valence-electron chi connectivity index (χ2n) is 4.47. The quantitative estimate of drug-likeness (QED) is 0.849. The Morgan fingerprint density at radius 1 is 1.35 bits per heavy atom. The number of nitrogens with zero attached hydrogens (tertiary/aromatic N) is 2. The fourth-order valence-corrected chi connectivity index (χ4v) is 1.56. The summed E-state index contributed by atoms with van der Waals surface area (Å²) in [4.78, 5) is 23.3. The van der Waals surface area contributed by atoms with E-state index >= 15 is 0 Å². The second-order valence-corrected chi connectivity index (χ2v) is 4.47. The van der Waals surface area contributed by atoms with E-state index in [1.807, 2.05) is 20.8 Å². The number of amides is 1. The van der Waals surface area contributed by atoms with Crippen LogP contribution in [0.4, 0.5) is 0 Å². The minimum absolute atomic E-state index is 0.0255. The molecule has 0 radical (unpaired) electrons. The Labute approximate surface area is 101 Å². The number of aromatic nitrogens is 2. The van der Waals surface area contributed by atoms with Crippen LogP contribution in [0.25, 0.3) is 0 Å². The molecule has 0 atom stereocenters. The molecule has 0 aliphatic rings. The topological polar surface area (TPSA) is 64.0 Å². The molecule has 1 heterocycles. The third kappa shape index (κ3) is 2.93. The Morgan fingerprint density at radius 3 is 2.35 bits per heavy atom. The highest BCUT2D eigenvalue weighted by atomic mass is 16.2. The van der Waals surface area contributed by atoms with Gasteiger partial charge in [0, 0.05) is 18.7 Å². The lowest BCUT2D eigenvalue weighted by atomic mass is 10.1. The third-order valence-electron chi connectivity index (χ3n) is 2.80. The predicted octanol–water partition coefficient (Wildman–Crippen LogP) is 0.992. The normalized spacial score (nSPS) is 10.7. The fraction of sp³-hybridized carbons (Fsp3) is 0.583. The number of Topliss-reactive ketones (excluding diaryl/α,β-unsaturated/α-hetero) is 1. The molecule has 0 saturated heterocycles. The molecule has 1 amide bonds. The lowest BCUT2D eigenvalue weighted by Gasteiger charge is -2.06. The minimum atomic E-state index is -0.234. The second kappa shape index (κ2) is 5.12. The number of hydrogen-bond acceptors (Lipinski definition) is 3. The summed E-state index contributed by atoms with van der Waals surface area (Å²) in [5.74, 6) is -0.272. The monoisotopic (exact) mass is 237 g/mol. The Balaban J connectivity index is 2.74. The number of carbonyl (C=O) groups excluding carboxylic acids is 2. The van der Waals surface area contributed by atoms with Crippen molar-refractivity contribution in [1.29, 1.82) is 0 Å². The van der Waals surface area contributed by atoms with Gasteiger partial charge in [-0.05, 0) is 13.8 Å². The van der Waals surface area contributed by atoms with Crippen LogP contribution in [0.5, 0.6) is 0 Å². The van der Waals surface area contributed by atoms with Gasteiger partial charge in [0.25, 0.3) is 5.91 Å². The Morgan fingerprint density at radius 2 is 1.94 bits per heavy atom. The van der Waals surface area contributed by atoms with Crippen molar-refractivity contribution in [3.63, 3.8) is 0 Å². The molecule has 0 unspecified atom stereocenters. The van der Waals surface area contributed by atoms with E-state index in [1.165, 1.54) is 0 Å². The van der Waals surface area contributed by atoms with Crippen LogP contribution in [0.3, 0.4) is 0 Å². The van der Waals surface area contributed by atoms with E-state index in [0.717, 1.165) is 5.69 Å². The zero-order valence-electron chi connectivity index (χ0n) is 11.0. The molecule has 0 aliphatic carbocycles. The molecular weight excluding hydrogens is 218 g/mol. The first-order chi connectivity index (χ1) is 7.84. The molecule has 5 heteroatoms. The summed E-state index contributed by atoms with van der Waals surface area (Å²) in [5.41, 5.74) is 2.04. The van der Waals surface area contributed by atoms with Crippen molar-refractivity contribution < 1.29 is 9.59 Å². The van der Waals surface area contributed by atoms with Crippen LogP contribution in [0.1, 0.15) is 35.6 Å². The highest BCUT2D eigenvalue weighted by Crippen LogP contribution is 2.11. The summed E-state index contributed by atoms with van der Waals surface area (Å²) in [5, 5.41) is 6.80. The molecule has 0 fully saturated rings. The lowest BCUT2D eigenvalue weighted by molar-refractivity contribution is -0.120. The van der Waals surface area contributed by atoms with Crippen LogP contribution in [0.15, 0.2) is 0 Å². The van der Waals surface area contributed by atoms with Gasteiger partial charge in [0.15, 0.2) is 5.78 Å². The van der Waals surface area contributed by atoms with Gasteiger partial charge in [-0.15, -0.1) is 0 Å². The van der Waals surface area contributed by atoms with Crippen molar-refractivity contribution in [1.82, 2.24) is 15.1 Å². The molecule has 0 saturated carbocycles. The molecule has 1 N–H and O–H groups in total. The molecule has 94 valence electrons. The standard InChI is InChI=1S/C12H19N3O2/c1-7(2)10(16)6-13-12(17)11-8(3)14-15(5)9(11)4/h7H,6H2,1-5H3,(H,13,17). The molecule has 1 rings (SSSR count). The van der Waals surface area contributed by atoms with Gasteiger partial charge in [-0.25, -0.2) is 0 Å². The van der Waals surface area contributed by atoms with Gasteiger partial charge in [0.1, 0.15) is 0 Å². The molecule has 0 aliphatic heterocycles. The highest BCUT2D eigenvalue weighted by Gasteiger charge is 2.18. The van der Waals surface area contributed by atoms with E-state index in [4.69, 9.17) is 0 Å². The first-order valence-corrected chi connectivity index (χ1v) is 5.65. The van der Waals surface area contributed by atoms with Crippen LogP contribution < -0.4 is 5.32 Å². The maximum atomic E-state index is 11.9. The van der Waals surface area contributed by atoms with E-state index in [-0.39, 0.29) is 24.2 Å². The van der Waals surface area contributed by atoms with Crippen molar-refractivity contribution in [3.05, 3.63) is 17.0 Å². The van der Waals surface area contributed by atoms with Gasteiger partial charge >= 0.3 is 0 Å². The van der Waals surface area contributed by atoms with Crippen LogP contribution in [0, 0.1) is 19.8 Å². The smallest absolute Gasteiger partial charge is 0.255 e. The first kappa shape index (κ1) is 13.4. The molecule has 1 aromatic heterocycles. The SMILES string of the molecule is Cc1nn(C)c(C)c1C(=O)NCC(=O)C(C)C. The number of aryl methyl sites for hydroxylation is 2. The summed E-state index contributed by atoms with van der Waals surface area (Å²) < 4.78 is 1.66. The van der Waals surface area contributed by atoms with Crippen molar-refractivity contribution in [2.45, 2.75) is 27.7 Å². The lowest BCUT2D eigenvalue weighted by Crippen LogP contribution is -2.32. The van der Waals surface area contributed by atoms with Gasteiger partial charge in [0.05, 0.1) is 17.8 Å². The average Bonchev–Trinajstić information content (AvgIpc) is 2.49. The zero-order chi connectivity index (χ0) is 13.2. The third-order valence-corrected chi connectivity index (χ3v) is 2.80. The summed E-state index contributed by atoms with van der Waals surface area (Å²) in [6.07, 6.45) is 0. The van der Waals surface area contributed by atoms with Gasteiger partial charge in [-0.1, -0.05) is 13.8 Å². The summed E-state index contributed by atoms with van der Waals surface area (Å²) in [7, 11) is 1.79. The average molecular weight is 237 g/mol. The van der Waals surface area contributed by atoms with Crippen LogP contribution in [-0.4, -0.2) is 28.0 Å². The van der Waals surface area contributed by atoms with Crippen LogP contribution in [-0.2, 0) is 11.8 Å². The number of nitrogens with one attached hydrogen (secondary N) is 1. The maximum Gasteiger partial charge on any atom is 0.255 e. The Bertz CT molecular complexity index is 447. The number of rotatable bonds is 4. The summed E-state index contributed by atoms with van der Waals surface area (Å²) in [6, 6.07) is 0. The molecule has 5 nitrogen and oxygen atoms in total. The van der Waals surface area contributed by atoms with E-state index in [0.29, 0.717) is 11.3 Å². The molecule has 1 aromatic rings. The van der Waals surface area contributed by atoms with E-state index in [2.05, 4.69) is 10.4 Å². The van der Waals surface area contributed by atoms with Crippen LogP contribution in [0.2, 0.25) is 0 Å². The van der Waals surface area contributed by atoms with Crippen molar-refractivity contribution in [2.75, 3.05) is 6.54 Å². The first-order valence-electron chi connectivity index (χ1n) is 5.65. The van der Waals surface area contributed by atoms with Crippen molar-refractivity contribution >= 4 is 11.7 Å². The zero-order valence-corrected chi connectivity index (χ0v) is 11.0. The maximum absolute atomic E-state index is 11.9. The van der Waals surface area contributed by atoms with Gasteiger partial charge < -0.3 is 5.32 Å². The number of carbonyl (C=O) groups is 2. The van der Waals surface area contributed by atoms with E-state index in [9.17, 15) is 9.59 Å².